The first kappa shape index (κ1) is 12.4. The standard InChI is InChI=1S/C14H18N4/c1-15-13-10-16-11-14(17-13)18(2)9-8-12-6-4-3-5-7-12/h3-7,10-11H,8-9H2,1-2H3,(H,15,17). The number of anilines is 2. The number of nitrogens with zero attached hydrogens (tertiary/aromatic N) is 3. The topological polar surface area (TPSA) is 41.1 Å². The largest absolute Gasteiger partial charge is 0.372 e. The van der Waals surface area contributed by atoms with Crippen LogP contribution in [0, 0.1) is 0 Å². The molecule has 0 aliphatic carbocycles. The summed E-state index contributed by atoms with van der Waals surface area (Å²) in [5.41, 5.74) is 1.34. The fraction of sp³-hybridized carbons (Fsp3) is 0.286. The van der Waals surface area contributed by atoms with Crippen molar-refractivity contribution in [2.45, 2.75) is 6.42 Å². The number of likely N-dealkylation sites (N-methyl/N-ethyl adjacent to an activating group) is 1. The predicted molar refractivity (Wildman–Crippen MR) is 75.0 cm³/mol. The smallest absolute Gasteiger partial charge is 0.149 e. The van der Waals surface area contributed by atoms with Gasteiger partial charge in [0.2, 0.25) is 0 Å². The van der Waals surface area contributed by atoms with Gasteiger partial charge < -0.3 is 10.2 Å². The molecular weight excluding hydrogens is 224 g/mol. The third kappa shape index (κ3) is 3.20. The Morgan fingerprint density at radius 3 is 2.67 bits per heavy atom. The van der Waals surface area contributed by atoms with E-state index in [-0.39, 0.29) is 0 Å². The fourth-order valence-electron chi connectivity index (χ4n) is 1.72. The Bertz CT molecular complexity index is 484. The number of hydrogen-bond acceptors (Lipinski definition) is 4. The highest BCUT2D eigenvalue weighted by Gasteiger charge is 2.04. The number of nitrogens with one attached hydrogen (secondary N) is 1. The molecule has 0 unspecified atom stereocenters. The van der Waals surface area contributed by atoms with Crippen LogP contribution in [0.1, 0.15) is 5.56 Å². The molecule has 4 nitrogen and oxygen atoms in total. The molecule has 0 amide bonds. The van der Waals surface area contributed by atoms with Gasteiger partial charge in [-0.1, -0.05) is 30.3 Å². The Morgan fingerprint density at radius 2 is 1.94 bits per heavy atom. The summed E-state index contributed by atoms with van der Waals surface area (Å²) in [5.74, 6) is 1.68. The minimum Gasteiger partial charge on any atom is -0.372 e. The van der Waals surface area contributed by atoms with Crippen LogP contribution in [-0.2, 0) is 6.42 Å². The predicted octanol–water partition coefficient (Wildman–Crippen LogP) is 2.20. The van der Waals surface area contributed by atoms with Crippen molar-refractivity contribution >= 4 is 11.6 Å². The van der Waals surface area contributed by atoms with Gasteiger partial charge in [0, 0.05) is 20.6 Å². The van der Waals surface area contributed by atoms with E-state index in [0.29, 0.717) is 0 Å². The zero-order chi connectivity index (χ0) is 12.8. The number of aromatic nitrogens is 2. The summed E-state index contributed by atoms with van der Waals surface area (Å²) in [4.78, 5) is 10.7. The molecule has 0 aliphatic rings. The second-order valence-corrected chi connectivity index (χ2v) is 4.17. The lowest BCUT2D eigenvalue weighted by atomic mass is 10.1. The zero-order valence-corrected chi connectivity index (χ0v) is 10.8. The van der Waals surface area contributed by atoms with Crippen molar-refractivity contribution in [3.05, 3.63) is 48.3 Å². The van der Waals surface area contributed by atoms with Crippen molar-refractivity contribution in [1.29, 1.82) is 0 Å². The first-order valence-electron chi connectivity index (χ1n) is 6.04. The van der Waals surface area contributed by atoms with Crippen LogP contribution in [-0.4, -0.2) is 30.6 Å². The first-order chi connectivity index (χ1) is 8.79. The average molecular weight is 242 g/mol. The van der Waals surface area contributed by atoms with E-state index in [0.717, 1.165) is 24.6 Å². The van der Waals surface area contributed by atoms with Gasteiger partial charge in [-0.3, -0.25) is 4.98 Å². The molecule has 0 aliphatic heterocycles. The van der Waals surface area contributed by atoms with Crippen molar-refractivity contribution in [2.24, 2.45) is 0 Å². The number of hydrogen-bond donors (Lipinski definition) is 1. The molecule has 0 fully saturated rings. The van der Waals surface area contributed by atoms with Crippen molar-refractivity contribution < 1.29 is 0 Å². The van der Waals surface area contributed by atoms with E-state index in [1.807, 2.05) is 20.2 Å². The van der Waals surface area contributed by atoms with Crippen LogP contribution in [0.25, 0.3) is 0 Å². The summed E-state index contributed by atoms with van der Waals surface area (Å²) in [6.45, 7) is 0.922. The quantitative estimate of drug-likeness (QED) is 0.872. The summed E-state index contributed by atoms with van der Waals surface area (Å²) < 4.78 is 0. The van der Waals surface area contributed by atoms with E-state index in [4.69, 9.17) is 0 Å². The lowest BCUT2D eigenvalue weighted by Gasteiger charge is -2.18. The third-order valence-corrected chi connectivity index (χ3v) is 2.85. The van der Waals surface area contributed by atoms with Crippen LogP contribution >= 0.6 is 0 Å². The van der Waals surface area contributed by atoms with E-state index < -0.39 is 0 Å². The molecule has 94 valence electrons. The molecule has 1 heterocycles. The molecule has 0 bridgehead atoms. The minimum absolute atomic E-state index is 0.791. The highest BCUT2D eigenvalue weighted by molar-refractivity contribution is 5.42. The Balaban J connectivity index is 1.97. The fourth-order valence-corrected chi connectivity index (χ4v) is 1.72. The van der Waals surface area contributed by atoms with Crippen LogP contribution in [0.2, 0.25) is 0 Å². The van der Waals surface area contributed by atoms with E-state index >= 15 is 0 Å². The first-order valence-corrected chi connectivity index (χ1v) is 6.04. The zero-order valence-electron chi connectivity index (χ0n) is 10.8. The third-order valence-electron chi connectivity index (χ3n) is 2.85. The van der Waals surface area contributed by atoms with Gasteiger partial charge in [0.05, 0.1) is 12.4 Å². The SMILES string of the molecule is CNc1cncc(N(C)CCc2ccccc2)n1. The summed E-state index contributed by atoms with van der Waals surface area (Å²) in [6.07, 6.45) is 4.50. The molecule has 0 spiro atoms. The van der Waals surface area contributed by atoms with Gasteiger partial charge in [-0.25, -0.2) is 4.98 Å². The molecule has 1 aromatic heterocycles. The Hall–Kier alpha value is -2.10. The van der Waals surface area contributed by atoms with Gasteiger partial charge in [0.25, 0.3) is 0 Å². The monoisotopic (exact) mass is 242 g/mol. The van der Waals surface area contributed by atoms with Crippen LogP contribution in [0.5, 0.6) is 0 Å². The molecule has 2 rings (SSSR count). The van der Waals surface area contributed by atoms with Crippen molar-refractivity contribution in [3.8, 4) is 0 Å². The van der Waals surface area contributed by atoms with E-state index in [2.05, 4.69) is 44.5 Å². The summed E-state index contributed by atoms with van der Waals surface area (Å²) in [6, 6.07) is 10.5. The minimum atomic E-state index is 0.791. The van der Waals surface area contributed by atoms with Crippen LogP contribution in [0.15, 0.2) is 42.7 Å². The molecule has 18 heavy (non-hydrogen) atoms. The van der Waals surface area contributed by atoms with E-state index in [1.165, 1.54) is 5.56 Å². The maximum Gasteiger partial charge on any atom is 0.149 e. The molecular formula is C14H18N4. The molecule has 0 saturated heterocycles. The average Bonchev–Trinajstić information content (AvgIpc) is 2.46. The number of rotatable bonds is 5. The van der Waals surface area contributed by atoms with Crippen molar-refractivity contribution in [1.82, 2.24) is 9.97 Å². The lowest BCUT2D eigenvalue weighted by Crippen LogP contribution is -2.21. The van der Waals surface area contributed by atoms with Gasteiger partial charge >= 0.3 is 0 Å². The molecule has 0 saturated carbocycles. The normalized spacial score (nSPS) is 10.1. The van der Waals surface area contributed by atoms with Gasteiger partial charge in [-0.05, 0) is 12.0 Å². The van der Waals surface area contributed by atoms with Crippen molar-refractivity contribution in [2.75, 3.05) is 30.9 Å². The van der Waals surface area contributed by atoms with Crippen LogP contribution < -0.4 is 10.2 Å². The summed E-state index contributed by atoms with van der Waals surface area (Å²) >= 11 is 0. The Morgan fingerprint density at radius 1 is 1.17 bits per heavy atom. The second kappa shape index (κ2) is 6.00. The van der Waals surface area contributed by atoms with E-state index in [1.54, 1.807) is 12.4 Å². The maximum absolute atomic E-state index is 4.46. The summed E-state index contributed by atoms with van der Waals surface area (Å²) in [7, 11) is 3.88. The molecule has 2 aromatic rings. The summed E-state index contributed by atoms with van der Waals surface area (Å²) in [5, 5.41) is 3.00. The van der Waals surface area contributed by atoms with Gasteiger partial charge in [-0.2, -0.15) is 0 Å². The van der Waals surface area contributed by atoms with E-state index in [9.17, 15) is 0 Å². The van der Waals surface area contributed by atoms with Gasteiger partial charge in [0.1, 0.15) is 11.6 Å². The highest BCUT2D eigenvalue weighted by Crippen LogP contribution is 2.11. The highest BCUT2D eigenvalue weighted by atomic mass is 15.2. The molecule has 0 atom stereocenters. The molecule has 0 radical (unpaired) electrons. The lowest BCUT2D eigenvalue weighted by molar-refractivity contribution is 0.855. The number of benzene rings is 1. The maximum atomic E-state index is 4.46. The van der Waals surface area contributed by atoms with Crippen molar-refractivity contribution in [3.63, 3.8) is 0 Å². The molecule has 1 aromatic carbocycles. The Labute approximate surface area is 108 Å². The second-order valence-electron chi connectivity index (χ2n) is 4.17. The Kier molecular flexibility index (Phi) is 4.12. The van der Waals surface area contributed by atoms with Gasteiger partial charge in [0.15, 0.2) is 0 Å². The van der Waals surface area contributed by atoms with Gasteiger partial charge in [-0.15, -0.1) is 0 Å². The van der Waals surface area contributed by atoms with Crippen LogP contribution in [0.3, 0.4) is 0 Å². The van der Waals surface area contributed by atoms with Crippen LogP contribution in [0.4, 0.5) is 11.6 Å². The molecule has 1 N–H and O–H groups in total. The molecule has 4 heteroatoms.